The van der Waals surface area contributed by atoms with Gasteiger partial charge < -0.3 is 10.5 Å². The zero-order valence-electron chi connectivity index (χ0n) is 9.76. The first-order valence-electron chi connectivity index (χ1n) is 5.55. The molecule has 88 valence electrons. The number of rotatable bonds is 7. The Labute approximate surface area is 97.4 Å². The Kier molecular flexibility index (Phi) is 5.78. The Morgan fingerprint density at radius 1 is 1.44 bits per heavy atom. The summed E-state index contributed by atoms with van der Waals surface area (Å²) in [5, 5.41) is 14.4. The highest BCUT2D eigenvalue weighted by atomic mass is 16.5. The van der Waals surface area contributed by atoms with Gasteiger partial charge in [0, 0.05) is 25.7 Å². The first kappa shape index (κ1) is 12.9. The molecule has 2 N–H and O–H groups in total. The summed E-state index contributed by atoms with van der Waals surface area (Å²) >= 11 is 0. The second-order valence-corrected chi connectivity index (χ2v) is 3.88. The van der Waals surface area contributed by atoms with Crippen LogP contribution in [0.2, 0.25) is 0 Å². The van der Waals surface area contributed by atoms with Crippen LogP contribution in [0.3, 0.4) is 0 Å². The van der Waals surface area contributed by atoms with Crippen LogP contribution in [0.25, 0.3) is 0 Å². The van der Waals surface area contributed by atoms with Gasteiger partial charge in [-0.3, -0.25) is 0 Å². The lowest BCUT2D eigenvalue weighted by molar-refractivity contribution is -0.129. The van der Waals surface area contributed by atoms with Crippen LogP contribution in [0, 0.1) is 0 Å². The number of hydrogen-bond donors (Lipinski definition) is 2. The number of nitrogens with zero attached hydrogens (tertiary/aromatic N) is 1. The van der Waals surface area contributed by atoms with Gasteiger partial charge in [0.05, 0.1) is 0 Å². The van der Waals surface area contributed by atoms with Gasteiger partial charge in [-0.25, -0.2) is 0 Å². The van der Waals surface area contributed by atoms with Gasteiger partial charge in [0.25, 0.3) is 0 Å². The summed E-state index contributed by atoms with van der Waals surface area (Å²) in [7, 11) is 0. The molecule has 0 aromatic heterocycles. The van der Waals surface area contributed by atoms with E-state index >= 15 is 0 Å². The first-order chi connectivity index (χ1) is 7.74. The van der Waals surface area contributed by atoms with E-state index in [1.165, 1.54) is 5.06 Å². The van der Waals surface area contributed by atoms with Crippen molar-refractivity contribution in [3.8, 4) is 0 Å². The van der Waals surface area contributed by atoms with Crippen molar-refractivity contribution < 1.29 is 5.21 Å². The van der Waals surface area contributed by atoms with Gasteiger partial charge in [-0.05, 0) is 12.5 Å². The maximum Gasteiger partial charge on any atom is 0.0492 e. The van der Waals surface area contributed by atoms with E-state index in [0.717, 1.165) is 18.7 Å². The zero-order valence-corrected chi connectivity index (χ0v) is 9.76. The van der Waals surface area contributed by atoms with Crippen molar-refractivity contribution in [1.82, 2.24) is 10.4 Å². The molecule has 0 aliphatic rings. The molecule has 0 radical (unpaired) electrons. The van der Waals surface area contributed by atoms with Crippen molar-refractivity contribution >= 4 is 0 Å². The molecular formula is C13H20N2O. The molecule has 1 aromatic rings. The van der Waals surface area contributed by atoms with Crippen LogP contribution in [0.1, 0.15) is 12.5 Å². The molecule has 0 heterocycles. The summed E-state index contributed by atoms with van der Waals surface area (Å²) in [4.78, 5) is 0. The maximum absolute atomic E-state index is 9.84. The van der Waals surface area contributed by atoms with Gasteiger partial charge in [0.15, 0.2) is 0 Å². The molecule has 0 aliphatic carbocycles. The second-order valence-electron chi connectivity index (χ2n) is 3.88. The molecule has 0 aliphatic heterocycles. The minimum Gasteiger partial charge on any atom is -0.313 e. The molecule has 0 saturated heterocycles. The van der Waals surface area contributed by atoms with Crippen LogP contribution in [0.15, 0.2) is 43.0 Å². The lowest BCUT2D eigenvalue weighted by Crippen LogP contribution is -2.37. The van der Waals surface area contributed by atoms with Crippen LogP contribution in [-0.4, -0.2) is 29.4 Å². The second kappa shape index (κ2) is 7.17. The monoisotopic (exact) mass is 220 g/mol. The van der Waals surface area contributed by atoms with Gasteiger partial charge in [0.2, 0.25) is 0 Å². The van der Waals surface area contributed by atoms with E-state index in [-0.39, 0.29) is 6.04 Å². The molecular weight excluding hydrogens is 200 g/mol. The molecule has 0 spiro atoms. The average Bonchev–Trinajstić information content (AvgIpc) is 2.30. The summed E-state index contributed by atoms with van der Waals surface area (Å²) < 4.78 is 0. The molecule has 1 aromatic carbocycles. The first-order valence-corrected chi connectivity index (χ1v) is 5.55. The lowest BCUT2D eigenvalue weighted by atomic mass is 10.2. The Bertz CT molecular complexity index is 300. The maximum atomic E-state index is 9.84. The largest absolute Gasteiger partial charge is 0.313 e. The molecule has 0 fully saturated rings. The molecule has 3 heteroatoms. The standard InChI is InChI=1S/C13H20N2O/c1-3-9-14-10-12(2)15(16)11-13-7-5-4-6-8-13/h3-8,12,14,16H,1,9-11H2,2H3/t12-/m0/s1. The predicted molar refractivity (Wildman–Crippen MR) is 66.3 cm³/mol. The van der Waals surface area contributed by atoms with Crippen molar-refractivity contribution in [2.45, 2.75) is 19.5 Å². The van der Waals surface area contributed by atoms with Crippen LogP contribution in [-0.2, 0) is 6.54 Å². The Hall–Kier alpha value is -1.16. The zero-order chi connectivity index (χ0) is 11.8. The minimum atomic E-state index is 0.0835. The number of hydrogen-bond acceptors (Lipinski definition) is 3. The van der Waals surface area contributed by atoms with E-state index in [0.29, 0.717) is 6.54 Å². The highest BCUT2D eigenvalue weighted by Gasteiger charge is 2.10. The summed E-state index contributed by atoms with van der Waals surface area (Å²) in [6.07, 6.45) is 1.81. The van der Waals surface area contributed by atoms with E-state index in [1.54, 1.807) is 0 Å². The van der Waals surface area contributed by atoms with Crippen LogP contribution in [0.4, 0.5) is 0 Å². The fourth-order valence-electron chi connectivity index (χ4n) is 1.43. The number of nitrogens with one attached hydrogen (secondary N) is 1. The van der Waals surface area contributed by atoms with E-state index in [2.05, 4.69) is 11.9 Å². The molecule has 16 heavy (non-hydrogen) atoms. The fourth-order valence-corrected chi connectivity index (χ4v) is 1.43. The van der Waals surface area contributed by atoms with E-state index in [1.807, 2.05) is 43.3 Å². The molecule has 0 amide bonds. The number of benzene rings is 1. The van der Waals surface area contributed by atoms with Crippen LogP contribution < -0.4 is 5.32 Å². The lowest BCUT2D eigenvalue weighted by Gasteiger charge is -2.22. The van der Waals surface area contributed by atoms with Crippen molar-refractivity contribution in [2.24, 2.45) is 0 Å². The fraction of sp³-hybridized carbons (Fsp3) is 0.385. The quantitative estimate of drug-likeness (QED) is 0.419. The van der Waals surface area contributed by atoms with Crippen molar-refractivity contribution in [3.05, 3.63) is 48.6 Å². The molecule has 3 nitrogen and oxygen atoms in total. The number of hydroxylamine groups is 2. The van der Waals surface area contributed by atoms with Crippen LogP contribution >= 0.6 is 0 Å². The Morgan fingerprint density at radius 2 is 2.12 bits per heavy atom. The normalized spacial score (nSPS) is 12.7. The van der Waals surface area contributed by atoms with Gasteiger partial charge in [-0.2, -0.15) is 5.06 Å². The summed E-state index contributed by atoms with van der Waals surface area (Å²) in [5.74, 6) is 0. The summed E-state index contributed by atoms with van der Waals surface area (Å²) in [5.41, 5.74) is 1.11. The molecule has 1 atom stereocenters. The van der Waals surface area contributed by atoms with Gasteiger partial charge >= 0.3 is 0 Å². The topological polar surface area (TPSA) is 35.5 Å². The third-order valence-electron chi connectivity index (χ3n) is 2.42. The van der Waals surface area contributed by atoms with Crippen molar-refractivity contribution in [3.63, 3.8) is 0 Å². The van der Waals surface area contributed by atoms with Crippen molar-refractivity contribution in [1.29, 1.82) is 0 Å². The highest BCUT2D eigenvalue weighted by molar-refractivity contribution is 5.14. The molecule has 0 saturated carbocycles. The SMILES string of the molecule is C=CCNC[C@H](C)N(O)Cc1ccccc1. The third-order valence-corrected chi connectivity index (χ3v) is 2.42. The summed E-state index contributed by atoms with van der Waals surface area (Å²) in [6.45, 7) is 7.68. The smallest absolute Gasteiger partial charge is 0.0492 e. The van der Waals surface area contributed by atoms with Gasteiger partial charge in [0.1, 0.15) is 0 Å². The summed E-state index contributed by atoms with van der Waals surface area (Å²) in [6, 6.07) is 10.0. The van der Waals surface area contributed by atoms with E-state index in [4.69, 9.17) is 0 Å². The molecule has 0 bridgehead atoms. The van der Waals surface area contributed by atoms with Crippen LogP contribution in [0.5, 0.6) is 0 Å². The van der Waals surface area contributed by atoms with E-state index < -0.39 is 0 Å². The highest BCUT2D eigenvalue weighted by Crippen LogP contribution is 2.04. The Balaban J connectivity index is 2.33. The Morgan fingerprint density at radius 3 is 2.75 bits per heavy atom. The predicted octanol–water partition coefficient (Wildman–Crippen LogP) is 2.04. The third kappa shape index (κ3) is 4.57. The van der Waals surface area contributed by atoms with Gasteiger partial charge in [-0.1, -0.05) is 36.4 Å². The minimum absolute atomic E-state index is 0.0835. The van der Waals surface area contributed by atoms with Crippen molar-refractivity contribution in [2.75, 3.05) is 13.1 Å². The average molecular weight is 220 g/mol. The molecule has 0 unspecified atom stereocenters. The van der Waals surface area contributed by atoms with E-state index in [9.17, 15) is 5.21 Å². The van der Waals surface area contributed by atoms with Gasteiger partial charge in [-0.15, -0.1) is 6.58 Å². The molecule has 1 rings (SSSR count).